The molecule has 0 aromatic rings. The van der Waals surface area contributed by atoms with E-state index < -0.39 is 5.97 Å². The second-order valence-electron chi connectivity index (χ2n) is 0.706. The molecule has 0 heterocycles. The Balaban J connectivity index is -0.000000125. The third kappa shape index (κ3) is 16.2. The van der Waals surface area contributed by atoms with E-state index >= 15 is 0 Å². The Kier molecular flexibility index (Phi) is 20.4. The molecular formula is C3H6Li2O3. The van der Waals surface area contributed by atoms with Crippen LogP contribution in [0.1, 0.15) is 6.92 Å². The van der Waals surface area contributed by atoms with Gasteiger partial charge in [-0.15, -0.1) is 0 Å². The molecule has 0 saturated heterocycles. The Bertz CT molecular complexity index is 72.9. The minimum absolute atomic E-state index is 0. The summed E-state index contributed by atoms with van der Waals surface area (Å²) in [6.45, 7) is 1.26. The van der Waals surface area contributed by atoms with Crippen molar-refractivity contribution in [3.63, 3.8) is 0 Å². The normalized spacial score (nSPS) is 5.12. The number of hydrogen-bond acceptors (Lipinski definition) is 3. The van der Waals surface area contributed by atoms with Gasteiger partial charge in [-0.25, -0.2) is 0 Å². The standard InChI is InChI=1S/C3H4O3.2Li.2H/c1-3(5)6-2-4;;;;/h2H,1H3;;;;. The van der Waals surface area contributed by atoms with E-state index in [4.69, 9.17) is 0 Å². The molecule has 0 saturated carbocycles. The summed E-state index contributed by atoms with van der Waals surface area (Å²) in [6.07, 6.45) is 0. The van der Waals surface area contributed by atoms with Crippen molar-refractivity contribution >= 4 is 50.2 Å². The van der Waals surface area contributed by atoms with Crippen molar-refractivity contribution in [3.8, 4) is 0 Å². The maximum absolute atomic E-state index is 9.59. The van der Waals surface area contributed by atoms with E-state index in [1.54, 1.807) is 0 Å². The Morgan fingerprint density at radius 2 is 1.88 bits per heavy atom. The molecule has 0 fully saturated rings. The van der Waals surface area contributed by atoms with Crippen LogP contribution in [0, 0.1) is 0 Å². The molecule has 0 aromatic heterocycles. The third-order valence-electron chi connectivity index (χ3n) is 0.214. The zero-order valence-corrected chi connectivity index (χ0v) is 3.30. The molecule has 0 unspecified atom stereocenters. The van der Waals surface area contributed by atoms with E-state index in [1.807, 2.05) is 0 Å². The van der Waals surface area contributed by atoms with Crippen molar-refractivity contribution in [1.29, 1.82) is 0 Å². The second kappa shape index (κ2) is 10.3. The van der Waals surface area contributed by atoms with Crippen LogP contribution in [0.4, 0.5) is 0 Å². The quantitative estimate of drug-likeness (QED) is 0.174. The van der Waals surface area contributed by atoms with Gasteiger partial charge in [0.2, 0.25) is 0 Å². The molecule has 0 aromatic carbocycles. The molecule has 0 rings (SSSR count). The van der Waals surface area contributed by atoms with E-state index in [0.717, 1.165) is 6.92 Å². The average molecular weight is 104 g/mol. The van der Waals surface area contributed by atoms with Crippen molar-refractivity contribution in [1.82, 2.24) is 0 Å². The first-order valence-corrected chi connectivity index (χ1v) is 1.38. The fourth-order valence-electron chi connectivity index (χ4n) is 0.0678. The first-order valence-electron chi connectivity index (χ1n) is 1.38. The van der Waals surface area contributed by atoms with Gasteiger partial charge in [0.1, 0.15) is 0 Å². The van der Waals surface area contributed by atoms with Crippen LogP contribution in [-0.2, 0) is 14.3 Å². The molecule has 0 bridgehead atoms. The van der Waals surface area contributed by atoms with Gasteiger partial charge in [-0.05, 0) is 0 Å². The van der Waals surface area contributed by atoms with Gasteiger partial charge in [-0.2, -0.15) is 0 Å². The summed E-state index contributed by atoms with van der Waals surface area (Å²) in [5.41, 5.74) is 0. The first-order chi connectivity index (χ1) is 2.77. The molecule has 0 aliphatic carbocycles. The fourth-order valence-corrected chi connectivity index (χ4v) is 0.0678. The van der Waals surface area contributed by atoms with E-state index in [0.29, 0.717) is 0 Å². The summed E-state index contributed by atoms with van der Waals surface area (Å²) in [6, 6.07) is 0. The molecular weight excluding hydrogens is 97.9 g/mol. The average Bonchev–Trinajstić information content (AvgIpc) is 1.35. The fraction of sp³-hybridized carbons (Fsp3) is 0.333. The summed E-state index contributed by atoms with van der Waals surface area (Å²) in [5.74, 6) is -0.579. The zero-order valence-electron chi connectivity index (χ0n) is 3.30. The number of carbonyl (C=O) groups is 2. The van der Waals surface area contributed by atoms with Crippen LogP contribution in [0.5, 0.6) is 0 Å². The van der Waals surface area contributed by atoms with Crippen LogP contribution in [-0.4, -0.2) is 50.2 Å². The van der Waals surface area contributed by atoms with Gasteiger partial charge in [0.05, 0.1) is 0 Å². The summed E-state index contributed by atoms with van der Waals surface area (Å²) in [5, 5.41) is 0. The van der Waals surface area contributed by atoms with Gasteiger partial charge < -0.3 is 4.74 Å². The molecule has 0 amide bonds. The number of rotatable bonds is 1. The zero-order chi connectivity index (χ0) is 4.99. The molecule has 0 spiro atoms. The van der Waals surface area contributed by atoms with Gasteiger partial charge in [-0.1, -0.05) is 0 Å². The minimum atomic E-state index is -0.579. The van der Waals surface area contributed by atoms with Gasteiger partial charge in [-0.3, -0.25) is 9.59 Å². The van der Waals surface area contributed by atoms with Gasteiger partial charge in [0.15, 0.2) is 0 Å². The van der Waals surface area contributed by atoms with Crippen LogP contribution in [0.3, 0.4) is 0 Å². The van der Waals surface area contributed by atoms with Gasteiger partial charge in [0, 0.05) is 6.92 Å². The van der Waals surface area contributed by atoms with Gasteiger partial charge in [0.25, 0.3) is 0 Å². The predicted octanol–water partition coefficient (Wildman–Crippen LogP) is -1.59. The molecule has 0 atom stereocenters. The van der Waals surface area contributed by atoms with Crippen LogP contribution in [0.25, 0.3) is 0 Å². The van der Waals surface area contributed by atoms with Crippen molar-refractivity contribution in [2.45, 2.75) is 6.92 Å². The molecule has 8 heavy (non-hydrogen) atoms. The monoisotopic (exact) mass is 104 g/mol. The van der Waals surface area contributed by atoms with E-state index in [1.165, 1.54) is 0 Å². The Morgan fingerprint density at radius 3 is 1.88 bits per heavy atom. The second-order valence-corrected chi connectivity index (χ2v) is 0.706. The predicted molar refractivity (Wildman–Crippen MR) is 32.1 cm³/mol. The van der Waals surface area contributed by atoms with Crippen LogP contribution in [0.15, 0.2) is 0 Å². The molecule has 3 nitrogen and oxygen atoms in total. The Hall–Kier alpha value is 0.335. The van der Waals surface area contributed by atoms with Crippen LogP contribution >= 0.6 is 0 Å². The number of hydrogen-bond donors (Lipinski definition) is 0. The summed E-state index contributed by atoms with van der Waals surface area (Å²) in [4.78, 5) is 18.8. The van der Waals surface area contributed by atoms with Crippen molar-refractivity contribution in [3.05, 3.63) is 0 Å². The summed E-state index contributed by atoms with van der Waals surface area (Å²) >= 11 is 0. The van der Waals surface area contributed by atoms with Crippen molar-refractivity contribution < 1.29 is 14.3 Å². The molecule has 0 radical (unpaired) electrons. The summed E-state index contributed by atoms with van der Waals surface area (Å²) < 4.78 is 3.72. The van der Waals surface area contributed by atoms with Gasteiger partial charge >= 0.3 is 50.2 Å². The molecule has 5 heteroatoms. The molecule has 0 aliphatic rings. The van der Waals surface area contributed by atoms with Crippen molar-refractivity contribution in [2.75, 3.05) is 0 Å². The Morgan fingerprint density at radius 1 is 1.50 bits per heavy atom. The molecule has 0 aliphatic heterocycles. The van der Waals surface area contributed by atoms with Crippen LogP contribution in [0.2, 0.25) is 0 Å². The Labute approximate surface area is 71.5 Å². The number of ether oxygens (including phenoxy) is 1. The summed E-state index contributed by atoms with van der Waals surface area (Å²) in [7, 11) is 0. The number of carbonyl (C=O) groups excluding carboxylic acids is 2. The molecule has 0 N–H and O–H groups in total. The van der Waals surface area contributed by atoms with E-state index in [9.17, 15) is 9.59 Å². The third-order valence-corrected chi connectivity index (χ3v) is 0.214. The van der Waals surface area contributed by atoms with Crippen LogP contribution < -0.4 is 0 Å². The topological polar surface area (TPSA) is 43.4 Å². The van der Waals surface area contributed by atoms with E-state index in [-0.39, 0.29) is 44.2 Å². The van der Waals surface area contributed by atoms with Crippen molar-refractivity contribution in [2.24, 2.45) is 0 Å². The van der Waals surface area contributed by atoms with E-state index in [2.05, 4.69) is 4.74 Å². The first kappa shape index (κ1) is 15.8. The maximum atomic E-state index is 9.59. The number of esters is 1. The molecule has 38 valence electrons. The SMILES string of the molecule is CC(=O)OC=O.[LiH].[LiH].